The summed E-state index contributed by atoms with van der Waals surface area (Å²) in [7, 11) is 0. The highest BCUT2D eigenvalue weighted by molar-refractivity contribution is 8.00. The fourth-order valence-corrected chi connectivity index (χ4v) is 4.46. The summed E-state index contributed by atoms with van der Waals surface area (Å²) in [6.45, 7) is 3.85. The molecule has 0 bridgehead atoms. The molecule has 2 aromatic heterocycles. The van der Waals surface area contributed by atoms with E-state index in [4.69, 9.17) is 0 Å². The number of nitro benzene ring substituents is 1. The van der Waals surface area contributed by atoms with Crippen LogP contribution in [0.15, 0.2) is 46.8 Å². The van der Waals surface area contributed by atoms with Crippen LogP contribution in [-0.4, -0.2) is 26.0 Å². The van der Waals surface area contributed by atoms with E-state index in [1.165, 1.54) is 35.2 Å². The molecule has 8 nitrogen and oxygen atoms in total. The van der Waals surface area contributed by atoms with E-state index in [9.17, 15) is 20.2 Å². The van der Waals surface area contributed by atoms with E-state index in [0.29, 0.717) is 27.0 Å². The summed E-state index contributed by atoms with van der Waals surface area (Å²) in [5, 5.41) is 25.3. The maximum absolute atomic E-state index is 12.7. The Morgan fingerprint density at radius 3 is 2.88 bits per heavy atom. The van der Waals surface area contributed by atoms with Crippen molar-refractivity contribution in [3.05, 3.63) is 63.1 Å². The molecule has 0 aliphatic rings. The Balaban J connectivity index is 1.69. The van der Waals surface area contributed by atoms with E-state index in [-0.39, 0.29) is 11.6 Å². The third-order valence-corrected chi connectivity index (χ3v) is 6.43. The second kappa shape index (κ2) is 10.8. The van der Waals surface area contributed by atoms with Gasteiger partial charge in [0, 0.05) is 28.8 Å². The summed E-state index contributed by atoms with van der Waals surface area (Å²) in [5.74, 6) is -0.264. The number of anilines is 1. The molecule has 0 saturated heterocycles. The van der Waals surface area contributed by atoms with E-state index in [0.717, 1.165) is 25.0 Å². The van der Waals surface area contributed by atoms with Crippen LogP contribution in [0.4, 0.5) is 10.8 Å². The summed E-state index contributed by atoms with van der Waals surface area (Å²) < 4.78 is 0. The number of hydrogen-bond donors (Lipinski definition) is 1. The number of aryl methyl sites for hydroxylation is 1. The lowest BCUT2D eigenvalue weighted by Crippen LogP contribution is -2.22. The van der Waals surface area contributed by atoms with Gasteiger partial charge in [0.1, 0.15) is 11.1 Å². The lowest BCUT2D eigenvalue weighted by Gasteiger charge is -2.12. The number of aromatic nitrogens is 2. The molecule has 164 valence electrons. The van der Waals surface area contributed by atoms with Crippen molar-refractivity contribution in [1.29, 1.82) is 5.26 Å². The molecular formula is C22H21N5O3S2. The van der Waals surface area contributed by atoms with Gasteiger partial charge in [-0.3, -0.25) is 14.9 Å². The van der Waals surface area contributed by atoms with E-state index in [1.807, 2.05) is 6.07 Å². The quantitative estimate of drug-likeness (QED) is 0.252. The van der Waals surface area contributed by atoms with Gasteiger partial charge in [-0.1, -0.05) is 37.2 Å². The Kier molecular flexibility index (Phi) is 7.92. The Bertz CT molecular complexity index is 1170. The van der Waals surface area contributed by atoms with Crippen LogP contribution in [0, 0.1) is 21.4 Å². The van der Waals surface area contributed by atoms with Crippen molar-refractivity contribution in [2.24, 2.45) is 0 Å². The van der Waals surface area contributed by atoms with Crippen LogP contribution in [0.1, 0.15) is 37.9 Å². The molecular weight excluding hydrogens is 446 g/mol. The Hall–Kier alpha value is -3.29. The predicted molar refractivity (Wildman–Crippen MR) is 126 cm³/mol. The van der Waals surface area contributed by atoms with Gasteiger partial charge in [0.05, 0.1) is 21.4 Å². The SMILES string of the molecule is CCCCc1ccc(C#N)c(SC(C)C(=O)Nc2nc(-c3cccc([N+](=O)[O-])c3)cs2)n1. The van der Waals surface area contributed by atoms with Crippen molar-refractivity contribution in [3.63, 3.8) is 0 Å². The molecule has 10 heteroatoms. The number of rotatable bonds is 9. The molecule has 1 amide bonds. The first kappa shape index (κ1) is 23.4. The smallest absolute Gasteiger partial charge is 0.270 e. The number of benzene rings is 1. The third kappa shape index (κ3) is 5.90. The Morgan fingerprint density at radius 2 is 2.16 bits per heavy atom. The zero-order chi connectivity index (χ0) is 23.1. The van der Waals surface area contributed by atoms with Gasteiger partial charge in [-0.25, -0.2) is 9.97 Å². The predicted octanol–water partition coefficient (Wildman–Crippen LogP) is 5.45. The van der Waals surface area contributed by atoms with Crippen molar-refractivity contribution < 1.29 is 9.72 Å². The van der Waals surface area contributed by atoms with Gasteiger partial charge in [0.25, 0.3) is 5.69 Å². The average molecular weight is 468 g/mol. The van der Waals surface area contributed by atoms with Gasteiger partial charge < -0.3 is 5.32 Å². The number of pyridine rings is 1. The fourth-order valence-electron chi connectivity index (χ4n) is 2.82. The molecule has 3 rings (SSSR count). The molecule has 0 saturated carbocycles. The molecule has 0 fully saturated rings. The summed E-state index contributed by atoms with van der Waals surface area (Å²) in [6.07, 6.45) is 2.89. The summed E-state index contributed by atoms with van der Waals surface area (Å²) in [6, 6.07) is 11.9. The molecule has 2 heterocycles. The molecule has 0 aliphatic carbocycles. The van der Waals surface area contributed by atoms with E-state index in [1.54, 1.807) is 30.5 Å². The number of nitriles is 1. The first-order valence-electron chi connectivity index (χ1n) is 9.99. The van der Waals surface area contributed by atoms with E-state index < -0.39 is 10.2 Å². The normalized spacial score (nSPS) is 11.5. The van der Waals surface area contributed by atoms with Crippen molar-refractivity contribution in [1.82, 2.24) is 9.97 Å². The first-order valence-corrected chi connectivity index (χ1v) is 11.7. The number of non-ortho nitro benzene ring substituents is 1. The highest BCUT2D eigenvalue weighted by Crippen LogP contribution is 2.29. The van der Waals surface area contributed by atoms with Crippen molar-refractivity contribution in [2.45, 2.75) is 43.4 Å². The van der Waals surface area contributed by atoms with E-state index >= 15 is 0 Å². The van der Waals surface area contributed by atoms with Gasteiger partial charge >= 0.3 is 0 Å². The standard InChI is InChI=1S/C22H21N5O3S2/c1-3-4-7-17-10-9-16(12-23)21(24-17)32-14(2)20(28)26-22-25-19(13-31-22)15-6-5-8-18(11-15)27(29)30/h5-6,8-11,13-14H,3-4,7H2,1-2H3,(H,25,26,28). The number of carbonyl (C=O) groups excluding carboxylic acids is 1. The van der Waals surface area contributed by atoms with Gasteiger partial charge in [0.2, 0.25) is 5.91 Å². The van der Waals surface area contributed by atoms with Crippen LogP contribution in [0.25, 0.3) is 11.3 Å². The van der Waals surface area contributed by atoms with E-state index in [2.05, 4.69) is 28.3 Å². The Morgan fingerprint density at radius 1 is 1.34 bits per heavy atom. The second-order valence-electron chi connectivity index (χ2n) is 6.97. The van der Waals surface area contributed by atoms with Crippen LogP contribution >= 0.6 is 23.1 Å². The van der Waals surface area contributed by atoms with Crippen molar-refractivity contribution in [2.75, 3.05) is 5.32 Å². The zero-order valence-electron chi connectivity index (χ0n) is 17.6. The molecule has 0 spiro atoms. The van der Waals surface area contributed by atoms with Crippen LogP contribution in [0.2, 0.25) is 0 Å². The first-order chi connectivity index (χ1) is 15.4. The summed E-state index contributed by atoms with van der Waals surface area (Å²) >= 11 is 2.47. The topological polar surface area (TPSA) is 122 Å². The van der Waals surface area contributed by atoms with Crippen LogP contribution in [0.3, 0.4) is 0 Å². The zero-order valence-corrected chi connectivity index (χ0v) is 19.2. The number of nitro groups is 1. The minimum atomic E-state index is -0.499. The van der Waals surface area contributed by atoms with Crippen LogP contribution in [-0.2, 0) is 11.2 Å². The van der Waals surface area contributed by atoms with Gasteiger partial charge in [-0.15, -0.1) is 11.3 Å². The molecule has 0 radical (unpaired) electrons. The number of unbranched alkanes of at least 4 members (excludes halogenated alkanes) is 1. The molecule has 1 unspecified atom stereocenters. The fraction of sp³-hybridized carbons (Fsp3) is 0.273. The van der Waals surface area contributed by atoms with Gasteiger partial charge in [-0.2, -0.15) is 5.26 Å². The van der Waals surface area contributed by atoms with Crippen molar-refractivity contribution >= 4 is 39.8 Å². The molecule has 0 aliphatic heterocycles. The summed E-state index contributed by atoms with van der Waals surface area (Å²) in [5.41, 5.74) is 2.48. The highest BCUT2D eigenvalue weighted by atomic mass is 32.2. The summed E-state index contributed by atoms with van der Waals surface area (Å²) in [4.78, 5) is 32.2. The van der Waals surface area contributed by atoms with Gasteiger partial charge in [0.15, 0.2) is 5.13 Å². The highest BCUT2D eigenvalue weighted by Gasteiger charge is 2.19. The third-order valence-electron chi connectivity index (χ3n) is 4.57. The largest absolute Gasteiger partial charge is 0.301 e. The number of thiazole rings is 1. The monoisotopic (exact) mass is 467 g/mol. The number of amides is 1. The number of thioether (sulfide) groups is 1. The molecule has 3 aromatic rings. The number of nitrogens with one attached hydrogen (secondary N) is 1. The maximum Gasteiger partial charge on any atom is 0.270 e. The maximum atomic E-state index is 12.7. The van der Waals surface area contributed by atoms with Crippen molar-refractivity contribution in [3.8, 4) is 17.3 Å². The average Bonchev–Trinajstić information content (AvgIpc) is 3.26. The van der Waals surface area contributed by atoms with Crippen LogP contribution in [0.5, 0.6) is 0 Å². The molecule has 1 atom stereocenters. The second-order valence-corrected chi connectivity index (χ2v) is 9.15. The number of nitrogens with zero attached hydrogens (tertiary/aromatic N) is 4. The van der Waals surface area contributed by atoms with Gasteiger partial charge in [-0.05, 0) is 31.9 Å². The molecule has 32 heavy (non-hydrogen) atoms. The minimum Gasteiger partial charge on any atom is -0.301 e. The molecule has 1 N–H and O–H groups in total. The number of carbonyl (C=O) groups is 1. The lowest BCUT2D eigenvalue weighted by atomic mass is 10.1. The van der Waals surface area contributed by atoms with Crippen LogP contribution < -0.4 is 5.32 Å². The number of hydrogen-bond acceptors (Lipinski definition) is 8. The minimum absolute atomic E-state index is 0.0203. The lowest BCUT2D eigenvalue weighted by molar-refractivity contribution is -0.384. The molecule has 1 aromatic carbocycles. The Labute approximate surface area is 193 Å².